The number of allylic oxidation sites excluding steroid dienone is 1. The molecule has 0 amide bonds. The number of benzene rings is 1. The van der Waals surface area contributed by atoms with Gasteiger partial charge in [0, 0.05) is 5.56 Å². The summed E-state index contributed by atoms with van der Waals surface area (Å²) >= 11 is 0. The van der Waals surface area contributed by atoms with E-state index in [1.165, 1.54) is 0 Å². The fraction of sp³-hybridized carbons (Fsp3) is 0.333. The molecule has 2 rings (SSSR count). The summed E-state index contributed by atoms with van der Waals surface area (Å²) in [6.07, 6.45) is 3.50. The average molecular weight is 190 g/mol. The highest BCUT2D eigenvalue weighted by Crippen LogP contribution is 2.41. The number of hydrogen-bond acceptors (Lipinski definition) is 2. The predicted octanol–water partition coefficient (Wildman–Crippen LogP) is 2.23. The van der Waals surface area contributed by atoms with Crippen molar-refractivity contribution in [2.75, 3.05) is 0 Å². The summed E-state index contributed by atoms with van der Waals surface area (Å²) in [5.41, 5.74) is -0.0496. The van der Waals surface area contributed by atoms with Gasteiger partial charge < -0.3 is 9.84 Å². The van der Waals surface area contributed by atoms with E-state index in [1.54, 1.807) is 6.92 Å². The van der Waals surface area contributed by atoms with Crippen LogP contribution in [-0.2, 0) is 5.60 Å². The van der Waals surface area contributed by atoms with Crippen LogP contribution in [0, 0.1) is 0 Å². The Kier molecular flexibility index (Phi) is 2.08. The Morgan fingerprint density at radius 2 is 2.14 bits per heavy atom. The molecule has 1 heterocycles. The lowest BCUT2D eigenvalue weighted by molar-refractivity contribution is -0.00144. The van der Waals surface area contributed by atoms with Gasteiger partial charge in [0.2, 0.25) is 0 Å². The molecule has 0 aromatic heterocycles. The topological polar surface area (TPSA) is 29.5 Å². The van der Waals surface area contributed by atoms with Crippen molar-refractivity contribution >= 4 is 0 Å². The lowest BCUT2D eigenvalue weighted by Gasteiger charge is -2.21. The minimum absolute atomic E-state index is 0.273. The summed E-state index contributed by atoms with van der Waals surface area (Å²) < 4.78 is 5.63. The Bertz CT molecular complexity index is 366. The van der Waals surface area contributed by atoms with Crippen molar-refractivity contribution in [3.63, 3.8) is 0 Å². The molecule has 2 atom stereocenters. The van der Waals surface area contributed by atoms with Crippen LogP contribution < -0.4 is 4.74 Å². The third-order valence-electron chi connectivity index (χ3n) is 2.61. The number of para-hydroxylation sites is 1. The molecule has 1 aromatic carbocycles. The Morgan fingerprint density at radius 1 is 1.43 bits per heavy atom. The van der Waals surface area contributed by atoms with Gasteiger partial charge in [-0.05, 0) is 26.0 Å². The van der Waals surface area contributed by atoms with E-state index in [9.17, 15) is 5.11 Å². The summed E-state index contributed by atoms with van der Waals surface area (Å²) in [4.78, 5) is 0. The van der Waals surface area contributed by atoms with Gasteiger partial charge in [-0.25, -0.2) is 0 Å². The van der Waals surface area contributed by atoms with Gasteiger partial charge in [0.25, 0.3) is 0 Å². The standard InChI is InChI=1S/C12H14O2/c1-3-6-11-12(2,13)9-7-4-5-8-10(9)14-11/h3-8,11,13H,1-2H3/b6-3+/t11-,12-/m1/s1. The molecule has 0 spiro atoms. The van der Waals surface area contributed by atoms with Gasteiger partial charge >= 0.3 is 0 Å². The minimum Gasteiger partial charge on any atom is -0.483 e. The highest BCUT2D eigenvalue weighted by atomic mass is 16.5. The summed E-state index contributed by atoms with van der Waals surface area (Å²) in [7, 11) is 0. The average Bonchev–Trinajstić information content (AvgIpc) is 2.41. The molecule has 0 saturated heterocycles. The monoisotopic (exact) mass is 190 g/mol. The zero-order chi connectivity index (χ0) is 10.2. The fourth-order valence-electron chi connectivity index (χ4n) is 1.79. The fourth-order valence-corrected chi connectivity index (χ4v) is 1.79. The van der Waals surface area contributed by atoms with Crippen LogP contribution in [0.1, 0.15) is 19.4 Å². The molecular formula is C12H14O2. The predicted molar refractivity (Wildman–Crippen MR) is 55.2 cm³/mol. The van der Waals surface area contributed by atoms with E-state index in [0.29, 0.717) is 0 Å². The van der Waals surface area contributed by atoms with Crippen molar-refractivity contribution < 1.29 is 9.84 Å². The van der Waals surface area contributed by atoms with Gasteiger partial charge in [-0.1, -0.05) is 24.3 Å². The molecule has 0 unspecified atom stereocenters. The molecule has 0 fully saturated rings. The lowest BCUT2D eigenvalue weighted by Crippen LogP contribution is -2.33. The van der Waals surface area contributed by atoms with Crippen molar-refractivity contribution in [2.24, 2.45) is 0 Å². The van der Waals surface area contributed by atoms with Gasteiger partial charge in [-0.2, -0.15) is 0 Å². The van der Waals surface area contributed by atoms with E-state index in [2.05, 4.69) is 0 Å². The normalized spacial score (nSPS) is 30.4. The zero-order valence-corrected chi connectivity index (χ0v) is 8.40. The van der Waals surface area contributed by atoms with Gasteiger partial charge in [0.15, 0.2) is 0 Å². The van der Waals surface area contributed by atoms with Crippen LogP contribution in [0.5, 0.6) is 5.75 Å². The van der Waals surface area contributed by atoms with Crippen LogP contribution in [-0.4, -0.2) is 11.2 Å². The highest BCUT2D eigenvalue weighted by molar-refractivity contribution is 5.43. The molecule has 0 saturated carbocycles. The molecule has 74 valence electrons. The van der Waals surface area contributed by atoms with Crippen LogP contribution in [0.25, 0.3) is 0 Å². The number of aliphatic hydroxyl groups is 1. The Morgan fingerprint density at radius 3 is 2.79 bits per heavy atom. The van der Waals surface area contributed by atoms with Gasteiger partial charge in [-0.15, -0.1) is 0 Å². The Hall–Kier alpha value is -1.28. The largest absolute Gasteiger partial charge is 0.483 e. The third kappa shape index (κ3) is 1.23. The van der Waals surface area contributed by atoms with Gasteiger partial charge in [-0.3, -0.25) is 0 Å². The van der Waals surface area contributed by atoms with Crippen molar-refractivity contribution in [3.05, 3.63) is 42.0 Å². The molecule has 1 aliphatic rings. The molecule has 2 heteroatoms. The SMILES string of the molecule is C/C=C/[C@H]1Oc2ccccc2[C@@]1(C)O. The molecule has 0 aliphatic carbocycles. The van der Waals surface area contributed by atoms with Gasteiger partial charge in [0.05, 0.1) is 0 Å². The van der Waals surface area contributed by atoms with E-state index in [1.807, 2.05) is 43.3 Å². The molecule has 1 aliphatic heterocycles. The zero-order valence-electron chi connectivity index (χ0n) is 8.40. The second-order valence-corrected chi connectivity index (χ2v) is 3.71. The van der Waals surface area contributed by atoms with Crippen molar-refractivity contribution in [2.45, 2.75) is 25.6 Å². The summed E-state index contributed by atoms with van der Waals surface area (Å²) in [6.45, 7) is 3.70. The van der Waals surface area contributed by atoms with Crippen LogP contribution in [0.3, 0.4) is 0 Å². The number of ether oxygens (including phenoxy) is 1. The smallest absolute Gasteiger partial charge is 0.149 e. The Labute approximate surface area is 83.8 Å². The van der Waals surface area contributed by atoms with E-state index >= 15 is 0 Å². The summed E-state index contributed by atoms with van der Waals surface area (Å²) in [5.74, 6) is 0.778. The van der Waals surface area contributed by atoms with Crippen LogP contribution >= 0.6 is 0 Å². The number of fused-ring (bicyclic) bond motifs is 1. The third-order valence-corrected chi connectivity index (χ3v) is 2.61. The molecule has 2 nitrogen and oxygen atoms in total. The molecule has 1 aromatic rings. The molecule has 1 N–H and O–H groups in total. The van der Waals surface area contributed by atoms with Crippen LogP contribution in [0.15, 0.2) is 36.4 Å². The molecule has 0 radical (unpaired) electrons. The first-order valence-corrected chi connectivity index (χ1v) is 4.77. The summed E-state index contributed by atoms with van der Waals surface area (Å²) in [5, 5.41) is 10.3. The maximum Gasteiger partial charge on any atom is 0.149 e. The van der Waals surface area contributed by atoms with E-state index in [4.69, 9.17) is 4.74 Å². The second-order valence-electron chi connectivity index (χ2n) is 3.71. The van der Waals surface area contributed by atoms with Crippen molar-refractivity contribution in [1.82, 2.24) is 0 Å². The van der Waals surface area contributed by atoms with Crippen molar-refractivity contribution in [1.29, 1.82) is 0 Å². The van der Waals surface area contributed by atoms with Crippen molar-refractivity contribution in [3.8, 4) is 5.75 Å². The molecule has 0 bridgehead atoms. The van der Waals surface area contributed by atoms with Crippen LogP contribution in [0.2, 0.25) is 0 Å². The first kappa shape index (κ1) is 9.28. The highest BCUT2D eigenvalue weighted by Gasteiger charge is 2.41. The number of hydrogen-bond donors (Lipinski definition) is 1. The maximum absolute atomic E-state index is 10.3. The second kappa shape index (κ2) is 3.14. The first-order valence-electron chi connectivity index (χ1n) is 4.77. The quantitative estimate of drug-likeness (QED) is 0.688. The van der Waals surface area contributed by atoms with Gasteiger partial charge in [0.1, 0.15) is 17.5 Å². The summed E-state index contributed by atoms with van der Waals surface area (Å²) in [6, 6.07) is 7.60. The lowest BCUT2D eigenvalue weighted by atomic mass is 9.92. The first-order chi connectivity index (χ1) is 6.66. The number of rotatable bonds is 1. The molecular weight excluding hydrogens is 176 g/mol. The van der Waals surface area contributed by atoms with E-state index in [0.717, 1.165) is 11.3 Å². The minimum atomic E-state index is -0.914. The Balaban J connectivity index is 2.45. The van der Waals surface area contributed by atoms with E-state index in [-0.39, 0.29) is 6.10 Å². The van der Waals surface area contributed by atoms with E-state index < -0.39 is 5.60 Å². The maximum atomic E-state index is 10.3. The molecule has 14 heavy (non-hydrogen) atoms. The van der Waals surface area contributed by atoms with Crippen LogP contribution in [0.4, 0.5) is 0 Å².